The fourth-order valence-corrected chi connectivity index (χ4v) is 4.37. The number of rotatable bonds is 6. The van der Waals surface area contributed by atoms with E-state index in [0.717, 1.165) is 32.5 Å². The highest BCUT2D eigenvalue weighted by molar-refractivity contribution is 6.00. The third-order valence-electron chi connectivity index (χ3n) is 6.02. The van der Waals surface area contributed by atoms with Crippen LogP contribution >= 0.6 is 0 Å². The number of benzene rings is 1. The van der Waals surface area contributed by atoms with Crippen LogP contribution in [0.3, 0.4) is 0 Å². The molecule has 0 N–H and O–H groups in total. The summed E-state index contributed by atoms with van der Waals surface area (Å²) in [5.41, 5.74) is 0.681. The maximum atomic E-state index is 13.2. The zero-order chi connectivity index (χ0) is 18.5. The Morgan fingerprint density at radius 3 is 2.54 bits per heavy atom. The lowest BCUT2D eigenvalue weighted by atomic mass is 9.88. The van der Waals surface area contributed by atoms with Gasteiger partial charge in [0.15, 0.2) is 5.78 Å². The predicted octanol–water partition coefficient (Wildman–Crippen LogP) is 3.08. The van der Waals surface area contributed by atoms with Crippen LogP contribution in [0.2, 0.25) is 0 Å². The summed E-state index contributed by atoms with van der Waals surface area (Å²) >= 11 is 0. The van der Waals surface area contributed by atoms with Gasteiger partial charge in [-0.25, -0.2) is 0 Å². The quantitative estimate of drug-likeness (QED) is 0.729. The Morgan fingerprint density at radius 2 is 1.88 bits per heavy atom. The number of hydrogen-bond acceptors (Lipinski definition) is 5. The maximum absolute atomic E-state index is 13.2. The molecule has 0 spiro atoms. The minimum absolute atomic E-state index is 0.0650. The maximum Gasteiger partial charge on any atom is 0.170 e. The molecule has 2 fully saturated rings. The lowest BCUT2D eigenvalue weighted by Crippen LogP contribution is -2.49. The molecule has 2 aliphatic rings. The molecule has 0 amide bonds. The van der Waals surface area contributed by atoms with E-state index in [4.69, 9.17) is 9.47 Å². The normalized spacial score (nSPS) is 23.0. The van der Waals surface area contributed by atoms with Crippen LogP contribution < -0.4 is 9.47 Å². The second kappa shape index (κ2) is 8.87. The summed E-state index contributed by atoms with van der Waals surface area (Å²) in [6.45, 7) is 7.75. The largest absolute Gasteiger partial charge is 0.497 e. The Kier molecular flexibility index (Phi) is 6.54. The lowest BCUT2D eigenvalue weighted by Gasteiger charge is -2.42. The molecule has 144 valence electrons. The number of ketones is 1. The first-order valence-corrected chi connectivity index (χ1v) is 9.89. The molecule has 1 atom stereocenters. The second-order valence-electron chi connectivity index (χ2n) is 7.43. The molecule has 2 heterocycles. The Morgan fingerprint density at radius 1 is 1.12 bits per heavy atom. The van der Waals surface area contributed by atoms with Gasteiger partial charge in [0.25, 0.3) is 0 Å². The molecule has 0 bridgehead atoms. The van der Waals surface area contributed by atoms with Crippen molar-refractivity contribution in [3.05, 3.63) is 23.8 Å². The minimum Gasteiger partial charge on any atom is -0.497 e. The molecule has 0 radical (unpaired) electrons. The molecule has 0 unspecified atom stereocenters. The molecule has 5 nitrogen and oxygen atoms in total. The van der Waals surface area contributed by atoms with Crippen molar-refractivity contribution in [1.82, 2.24) is 9.80 Å². The molecule has 26 heavy (non-hydrogen) atoms. The van der Waals surface area contributed by atoms with Gasteiger partial charge in [-0.15, -0.1) is 0 Å². The van der Waals surface area contributed by atoms with Gasteiger partial charge in [0.1, 0.15) is 11.5 Å². The first kappa shape index (κ1) is 19.2. The van der Waals surface area contributed by atoms with E-state index in [1.807, 2.05) is 12.1 Å². The predicted molar refractivity (Wildman–Crippen MR) is 103 cm³/mol. The Labute approximate surface area is 157 Å². The van der Waals surface area contributed by atoms with Gasteiger partial charge in [-0.2, -0.15) is 0 Å². The fraction of sp³-hybridized carbons (Fsp3) is 0.667. The average Bonchev–Trinajstić information content (AvgIpc) is 2.72. The van der Waals surface area contributed by atoms with E-state index in [1.54, 1.807) is 20.3 Å². The standard InChI is InChI=1S/C21H32N2O3/c1-4-22-12-9-17(10-13-22)23-11-5-6-16(15-23)21(24)19-8-7-18(25-2)14-20(19)26-3/h7-8,14,16-17H,4-6,9-13,15H2,1-3H3/t16-/m1/s1. The van der Waals surface area contributed by atoms with Crippen LogP contribution in [0.5, 0.6) is 11.5 Å². The third-order valence-corrected chi connectivity index (χ3v) is 6.02. The Hall–Kier alpha value is -1.59. The van der Waals surface area contributed by atoms with Gasteiger partial charge < -0.3 is 14.4 Å². The Balaban J connectivity index is 1.67. The van der Waals surface area contributed by atoms with Crippen LogP contribution in [-0.4, -0.2) is 68.6 Å². The average molecular weight is 360 g/mol. The molecule has 0 saturated carbocycles. The van der Waals surface area contributed by atoms with Crippen LogP contribution in [0.1, 0.15) is 43.0 Å². The molecule has 2 saturated heterocycles. The van der Waals surface area contributed by atoms with Gasteiger partial charge in [-0.1, -0.05) is 6.92 Å². The molecule has 0 aromatic heterocycles. The summed E-state index contributed by atoms with van der Waals surface area (Å²) < 4.78 is 10.7. The third kappa shape index (κ3) is 4.21. The molecule has 2 aliphatic heterocycles. The van der Waals surface area contributed by atoms with Gasteiger partial charge in [-0.3, -0.25) is 9.69 Å². The number of nitrogens with zero attached hydrogens (tertiary/aromatic N) is 2. The molecular weight excluding hydrogens is 328 g/mol. The number of hydrogen-bond donors (Lipinski definition) is 0. The smallest absolute Gasteiger partial charge is 0.170 e. The highest BCUT2D eigenvalue weighted by Crippen LogP contribution is 2.31. The summed E-state index contributed by atoms with van der Waals surface area (Å²) in [6.07, 6.45) is 4.52. The number of carbonyl (C=O) groups excluding carboxylic acids is 1. The van der Waals surface area contributed by atoms with Crippen molar-refractivity contribution in [2.24, 2.45) is 5.92 Å². The van der Waals surface area contributed by atoms with Gasteiger partial charge >= 0.3 is 0 Å². The monoisotopic (exact) mass is 360 g/mol. The van der Waals surface area contributed by atoms with Crippen LogP contribution in [0.25, 0.3) is 0 Å². The molecular formula is C21H32N2O3. The van der Waals surface area contributed by atoms with E-state index in [2.05, 4.69) is 16.7 Å². The van der Waals surface area contributed by atoms with E-state index in [-0.39, 0.29) is 11.7 Å². The van der Waals surface area contributed by atoms with Crippen molar-refractivity contribution >= 4 is 5.78 Å². The van der Waals surface area contributed by atoms with E-state index >= 15 is 0 Å². The SMILES string of the molecule is CCN1CCC(N2CCC[C@@H](C(=O)c3ccc(OC)cc3OC)C2)CC1. The summed E-state index contributed by atoms with van der Waals surface area (Å²) in [7, 11) is 3.24. The number of methoxy groups -OCH3 is 2. The van der Waals surface area contributed by atoms with E-state index < -0.39 is 0 Å². The van der Waals surface area contributed by atoms with Gasteiger partial charge in [0.2, 0.25) is 0 Å². The van der Waals surface area contributed by atoms with Crippen LogP contribution in [-0.2, 0) is 0 Å². The van der Waals surface area contributed by atoms with Crippen molar-refractivity contribution in [3.63, 3.8) is 0 Å². The number of Topliss-reactive ketones (excluding diaryl/α,β-unsaturated/α-hetero) is 1. The molecule has 3 rings (SSSR count). The van der Waals surface area contributed by atoms with Crippen LogP contribution in [0.15, 0.2) is 18.2 Å². The van der Waals surface area contributed by atoms with Crippen molar-refractivity contribution in [2.45, 2.75) is 38.6 Å². The van der Waals surface area contributed by atoms with E-state index in [0.29, 0.717) is 23.1 Å². The zero-order valence-electron chi connectivity index (χ0n) is 16.4. The van der Waals surface area contributed by atoms with Crippen molar-refractivity contribution in [3.8, 4) is 11.5 Å². The van der Waals surface area contributed by atoms with Crippen LogP contribution in [0, 0.1) is 5.92 Å². The molecule has 1 aromatic carbocycles. The first-order valence-electron chi connectivity index (χ1n) is 9.89. The number of carbonyl (C=O) groups is 1. The lowest BCUT2D eigenvalue weighted by molar-refractivity contribution is 0.0603. The summed E-state index contributed by atoms with van der Waals surface area (Å²) in [5.74, 6) is 1.60. The minimum atomic E-state index is 0.0650. The number of piperidine rings is 2. The van der Waals surface area contributed by atoms with Crippen molar-refractivity contribution in [2.75, 3.05) is 46.9 Å². The highest BCUT2D eigenvalue weighted by Gasteiger charge is 2.32. The molecule has 1 aromatic rings. The summed E-state index contributed by atoms with van der Waals surface area (Å²) in [6, 6.07) is 6.12. The van der Waals surface area contributed by atoms with Gasteiger partial charge in [0.05, 0.1) is 19.8 Å². The zero-order valence-corrected chi connectivity index (χ0v) is 16.4. The number of ether oxygens (including phenoxy) is 2. The summed E-state index contributed by atoms with van der Waals surface area (Å²) in [4.78, 5) is 18.2. The number of likely N-dealkylation sites (tertiary alicyclic amines) is 2. The van der Waals surface area contributed by atoms with Gasteiger partial charge in [0, 0.05) is 24.6 Å². The highest BCUT2D eigenvalue weighted by atomic mass is 16.5. The topological polar surface area (TPSA) is 42.0 Å². The van der Waals surface area contributed by atoms with Crippen molar-refractivity contribution in [1.29, 1.82) is 0 Å². The second-order valence-corrected chi connectivity index (χ2v) is 7.43. The van der Waals surface area contributed by atoms with E-state index in [1.165, 1.54) is 25.9 Å². The van der Waals surface area contributed by atoms with E-state index in [9.17, 15) is 4.79 Å². The summed E-state index contributed by atoms with van der Waals surface area (Å²) in [5, 5.41) is 0. The van der Waals surface area contributed by atoms with Crippen LogP contribution in [0.4, 0.5) is 0 Å². The first-order chi connectivity index (χ1) is 12.7. The van der Waals surface area contributed by atoms with Crippen molar-refractivity contribution < 1.29 is 14.3 Å². The van der Waals surface area contributed by atoms with Gasteiger partial charge in [-0.05, 0) is 64.0 Å². The Bertz CT molecular complexity index is 611. The fourth-order valence-electron chi connectivity index (χ4n) is 4.37. The molecule has 0 aliphatic carbocycles. The molecule has 5 heteroatoms.